The van der Waals surface area contributed by atoms with Gasteiger partial charge in [-0.05, 0) is 5.75 Å². The minimum Gasteiger partial charge on any atom is -0.291 e. The topological polar surface area (TPSA) is 0 Å². The Kier molecular flexibility index (Phi) is 1.39. The van der Waals surface area contributed by atoms with E-state index in [0.717, 1.165) is 0 Å². The summed E-state index contributed by atoms with van der Waals surface area (Å²) < 4.78 is 0. The molecule has 0 saturated heterocycles. The van der Waals surface area contributed by atoms with E-state index in [-0.39, 0.29) is 11.8 Å². The summed E-state index contributed by atoms with van der Waals surface area (Å²) in [5, 5.41) is 2.32. The van der Waals surface area contributed by atoms with E-state index in [0.29, 0.717) is 0 Å². The first-order chi connectivity index (χ1) is 3.00. The molecule has 0 saturated carbocycles. The zero-order valence-electron chi connectivity index (χ0n) is 3.72. The van der Waals surface area contributed by atoms with Gasteiger partial charge in [-0.25, -0.2) is 0 Å². The Morgan fingerprint density at radius 2 is 2.33 bits per heavy atom. The Balaban J connectivity index is 2.46. The van der Waals surface area contributed by atoms with Gasteiger partial charge in [-0.3, -0.25) is 11.8 Å². The van der Waals surface area contributed by atoms with Crippen LogP contribution in [-0.2, 0) is 0 Å². The van der Waals surface area contributed by atoms with Gasteiger partial charge < -0.3 is 0 Å². The first-order valence-corrected chi connectivity index (χ1v) is 4.13. The standard InChI is InChI=1S/C5H10S/c1-2-4-6-5-3-1/h1-4H,5H2,6H4. The van der Waals surface area contributed by atoms with Crippen molar-refractivity contribution in [1.82, 2.24) is 0 Å². The van der Waals surface area contributed by atoms with Gasteiger partial charge in [0.1, 0.15) is 0 Å². The van der Waals surface area contributed by atoms with E-state index >= 15 is 0 Å². The molecule has 1 heterocycles. The maximum Gasteiger partial charge on any atom is -0.0205 e. The molecule has 0 unspecified atom stereocenters. The van der Waals surface area contributed by atoms with Gasteiger partial charge in [-0.15, -0.1) is 0 Å². The fourth-order valence-electron chi connectivity index (χ4n) is 0.542. The van der Waals surface area contributed by atoms with Crippen LogP contribution >= 0.6 is 11.8 Å². The molecule has 0 aromatic heterocycles. The normalized spacial score (nSPS) is 20.0. The Labute approximate surface area is 41.9 Å². The van der Waals surface area contributed by atoms with Crippen molar-refractivity contribution in [2.45, 2.75) is 0 Å². The van der Waals surface area contributed by atoms with E-state index < -0.39 is 0 Å². The van der Waals surface area contributed by atoms with Gasteiger partial charge >= 0.3 is 0 Å². The molecule has 0 spiro atoms. The van der Waals surface area contributed by atoms with Crippen LogP contribution in [0.4, 0.5) is 0 Å². The van der Waals surface area contributed by atoms with Crippen LogP contribution in [0.3, 0.4) is 0 Å². The minimum atomic E-state index is 0.241. The van der Waals surface area contributed by atoms with Crippen molar-refractivity contribution in [2.75, 3.05) is 5.75 Å². The van der Waals surface area contributed by atoms with Gasteiger partial charge in [0, 0.05) is 0 Å². The molecular formula is C5H10S. The third-order valence-corrected chi connectivity index (χ3v) is 2.16. The van der Waals surface area contributed by atoms with E-state index in [4.69, 9.17) is 0 Å². The fourth-order valence-corrected chi connectivity index (χ4v) is 1.47. The van der Waals surface area contributed by atoms with Crippen molar-refractivity contribution in [1.29, 1.82) is 0 Å². The molecule has 0 aromatic rings. The molecule has 0 aromatic carbocycles. The lowest BCUT2D eigenvalue weighted by molar-refractivity contribution is 1.74. The number of rotatable bonds is 0. The van der Waals surface area contributed by atoms with Crippen LogP contribution in [-0.4, -0.2) is 5.75 Å². The minimum absolute atomic E-state index is 0.241. The fraction of sp³-hybridized carbons (Fsp3) is 0.200. The highest BCUT2D eigenvalue weighted by atomic mass is 32.2. The number of allylic oxidation sites excluding steroid dienone is 2. The monoisotopic (exact) mass is 102 g/mol. The Bertz CT molecular complexity index is 69.9. The van der Waals surface area contributed by atoms with Crippen LogP contribution in [0.15, 0.2) is 23.6 Å². The molecular weight excluding hydrogens is 92.1 g/mol. The lowest BCUT2D eigenvalue weighted by atomic mass is 10.5. The summed E-state index contributed by atoms with van der Waals surface area (Å²) in [6.07, 6.45) is 6.51. The highest BCUT2D eigenvalue weighted by molar-refractivity contribution is 8.02. The average molecular weight is 102 g/mol. The van der Waals surface area contributed by atoms with Crippen LogP contribution in [0.2, 0.25) is 0 Å². The predicted octanol–water partition coefficient (Wildman–Crippen LogP) is 0.732. The maximum atomic E-state index is 2.32. The summed E-state index contributed by atoms with van der Waals surface area (Å²) in [6, 6.07) is 0. The van der Waals surface area contributed by atoms with Crippen LogP contribution in [0.5, 0.6) is 0 Å². The molecule has 0 radical (unpaired) electrons. The molecule has 0 fully saturated rings. The quantitative estimate of drug-likeness (QED) is 0.423. The molecule has 0 nitrogen and oxygen atoms in total. The van der Waals surface area contributed by atoms with E-state index in [9.17, 15) is 0 Å². The van der Waals surface area contributed by atoms with Crippen molar-refractivity contribution in [3.05, 3.63) is 23.6 Å². The van der Waals surface area contributed by atoms with Gasteiger partial charge in [-0.2, -0.15) is 0 Å². The van der Waals surface area contributed by atoms with Crippen molar-refractivity contribution in [3.8, 4) is 0 Å². The third-order valence-electron chi connectivity index (χ3n) is 0.883. The molecule has 0 aliphatic carbocycles. The summed E-state index contributed by atoms with van der Waals surface area (Å²) >= 11 is 0.241. The van der Waals surface area contributed by atoms with Crippen LogP contribution in [0.25, 0.3) is 0 Å². The summed E-state index contributed by atoms with van der Waals surface area (Å²) in [5.41, 5.74) is 0. The Hall–Kier alpha value is -0.170. The third kappa shape index (κ3) is 0.902. The largest absolute Gasteiger partial charge is 0.291 e. The van der Waals surface area contributed by atoms with E-state index in [1.165, 1.54) is 5.75 Å². The SMILES string of the molecule is C1=CC[SH4]C=C1. The first-order valence-electron chi connectivity index (χ1n) is 2.32. The summed E-state index contributed by atoms with van der Waals surface area (Å²) in [5.74, 6) is 1.37. The van der Waals surface area contributed by atoms with Gasteiger partial charge in [0.05, 0.1) is 0 Å². The van der Waals surface area contributed by atoms with E-state index in [2.05, 4.69) is 23.6 Å². The number of hydrogen-bond donors (Lipinski definition) is 0. The highest BCUT2D eigenvalue weighted by Gasteiger charge is 1.72. The molecule has 1 aliphatic rings. The van der Waals surface area contributed by atoms with Crippen molar-refractivity contribution < 1.29 is 0 Å². The lowest BCUT2D eigenvalue weighted by Gasteiger charge is -1.94. The van der Waals surface area contributed by atoms with Crippen LogP contribution < -0.4 is 0 Å². The second-order valence-electron chi connectivity index (χ2n) is 1.43. The zero-order chi connectivity index (χ0) is 4.24. The van der Waals surface area contributed by atoms with E-state index in [1.54, 1.807) is 0 Å². The maximum absolute atomic E-state index is 2.32. The van der Waals surface area contributed by atoms with Crippen molar-refractivity contribution >= 4 is 11.8 Å². The average Bonchev–Trinajstić information content (AvgIpc) is 1.72. The first kappa shape index (κ1) is 4.00. The lowest BCUT2D eigenvalue weighted by Crippen LogP contribution is -1.67. The van der Waals surface area contributed by atoms with E-state index in [1.807, 2.05) is 0 Å². The van der Waals surface area contributed by atoms with Gasteiger partial charge in [0.2, 0.25) is 0 Å². The van der Waals surface area contributed by atoms with Gasteiger partial charge in [0.25, 0.3) is 0 Å². The summed E-state index contributed by atoms with van der Waals surface area (Å²) in [7, 11) is 0. The van der Waals surface area contributed by atoms with Crippen molar-refractivity contribution in [3.63, 3.8) is 0 Å². The van der Waals surface area contributed by atoms with Crippen LogP contribution in [0.1, 0.15) is 0 Å². The second kappa shape index (κ2) is 2.08. The molecule has 0 atom stereocenters. The molecule has 0 N–H and O–H groups in total. The molecule has 1 rings (SSSR count). The predicted molar refractivity (Wildman–Crippen MR) is 36.3 cm³/mol. The summed E-state index contributed by atoms with van der Waals surface area (Å²) in [6.45, 7) is 0. The second-order valence-corrected chi connectivity index (χ2v) is 3.06. The molecule has 36 valence electrons. The zero-order valence-corrected chi connectivity index (χ0v) is 5.14. The highest BCUT2D eigenvalue weighted by Crippen LogP contribution is 2.05. The van der Waals surface area contributed by atoms with Gasteiger partial charge in [-0.1, -0.05) is 23.6 Å². The summed E-state index contributed by atoms with van der Waals surface area (Å²) in [4.78, 5) is 0. The molecule has 1 heteroatoms. The van der Waals surface area contributed by atoms with Crippen molar-refractivity contribution in [2.24, 2.45) is 0 Å². The molecule has 6 heavy (non-hydrogen) atoms. The van der Waals surface area contributed by atoms with Crippen LogP contribution in [0, 0.1) is 0 Å². The molecule has 0 bridgehead atoms. The molecule has 0 amide bonds. The Morgan fingerprint density at radius 3 is 2.50 bits per heavy atom. The van der Waals surface area contributed by atoms with Gasteiger partial charge in [0.15, 0.2) is 0 Å². The smallest absolute Gasteiger partial charge is 0.0205 e. The molecule has 1 aliphatic heterocycles. The Morgan fingerprint density at radius 1 is 1.33 bits per heavy atom. The number of hydrogen-bond acceptors (Lipinski definition) is 0.